The lowest BCUT2D eigenvalue weighted by Gasteiger charge is -2.28. The van der Waals surface area contributed by atoms with Gasteiger partial charge in [0.2, 0.25) is 5.89 Å². The molecule has 2 fully saturated rings. The molecule has 17 heavy (non-hydrogen) atoms. The Bertz CT molecular complexity index is 377. The fourth-order valence-electron chi connectivity index (χ4n) is 2.09. The first-order chi connectivity index (χ1) is 8.31. The molecule has 1 aliphatic heterocycles. The zero-order valence-electron chi connectivity index (χ0n) is 9.80. The Kier molecular flexibility index (Phi) is 2.98. The van der Waals surface area contributed by atoms with E-state index in [-0.39, 0.29) is 6.10 Å². The molecule has 1 saturated carbocycles. The van der Waals surface area contributed by atoms with Gasteiger partial charge >= 0.3 is 6.01 Å². The number of nitrogens with one attached hydrogen (secondary N) is 1. The number of nitrogens with zero attached hydrogens (tertiary/aromatic N) is 3. The highest BCUT2D eigenvalue weighted by Gasteiger charge is 2.24. The molecular formula is C11H18N4O2. The van der Waals surface area contributed by atoms with E-state index < -0.39 is 0 Å². The Morgan fingerprint density at radius 2 is 2.24 bits per heavy atom. The van der Waals surface area contributed by atoms with Crippen molar-refractivity contribution >= 4 is 6.01 Å². The highest BCUT2D eigenvalue weighted by Crippen LogP contribution is 2.21. The molecule has 1 aromatic rings. The van der Waals surface area contributed by atoms with Gasteiger partial charge in [0.1, 0.15) is 0 Å². The molecule has 3 rings (SSSR count). The Balaban J connectivity index is 1.58. The van der Waals surface area contributed by atoms with Gasteiger partial charge in [0.05, 0.1) is 12.6 Å². The monoisotopic (exact) mass is 238 g/mol. The Morgan fingerprint density at radius 1 is 1.35 bits per heavy atom. The van der Waals surface area contributed by atoms with Gasteiger partial charge in [-0.15, -0.1) is 5.10 Å². The molecule has 2 aliphatic rings. The molecule has 94 valence electrons. The fraction of sp³-hybridized carbons (Fsp3) is 0.818. The highest BCUT2D eigenvalue weighted by molar-refractivity contribution is 5.25. The van der Waals surface area contributed by atoms with Crippen LogP contribution in [0.25, 0.3) is 0 Å². The molecule has 2 heterocycles. The zero-order valence-corrected chi connectivity index (χ0v) is 9.80. The second kappa shape index (κ2) is 4.62. The van der Waals surface area contributed by atoms with Crippen LogP contribution in [0.3, 0.4) is 0 Å². The van der Waals surface area contributed by atoms with Gasteiger partial charge in [0, 0.05) is 19.1 Å². The maximum atomic E-state index is 9.59. The molecule has 2 N–H and O–H groups in total. The minimum atomic E-state index is -0.274. The third-order valence-corrected chi connectivity index (χ3v) is 3.24. The standard InChI is InChI=1S/C11H18N4O2/c16-9-2-1-5-15(7-9)11-14-13-10(17-11)6-12-8-3-4-8/h8-9,12,16H,1-7H2. The molecule has 0 spiro atoms. The van der Waals surface area contributed by atoms with Crippen LogP contribution in [0.2, 0.25) is 0 Å². The summed E-state index contributed by atoms with van der Waals surface area (Å²) in [4.78, 5) is 1.96. The second-order valence-corrected chi connectivity index (χ2v) is 4.88. The van der Waals surface area contributed by atoms with Gasteiger partial charge in [-0.1, -0.05) is 5.10 Å². The quantitative estimate of drug-likeness (QED) is 0.785. The number of aliphatic hydroxyl groups excluding tert-OH is 1. The number of anilines is 1. The Labute approximate surface area is 100 Å². The first-order valence-corrected chi connectivity index (χ1v) is 6.30. The molecule has 1 unspecified atom stereocenters. The summed E-state index contributed by atoms with van der Waals surface area (Å²) in [6.07, 6.45) is 4.06. The molecular weight excluding hydrogens is 220 g/mol. The van der Waals surface area contributed by atoms with Crippen molar-refractivity contribution in [2.45, 2.75) is 44.4 Å². The molecule has 1 aliphatic carbocycles. The summed E-state index contributed by atoms with van der Waals surface area (Å²) in [6, 6.07) is 1.18. The molecule has 1 aromatic heterocycles. The van der Waals surface area contributed by atoms with Crippen molar-refractivity contribution in [3.8, 4) is 0 Å². The van der Waals surface area contributed by atoms with Crippen molar-refractivity contribution in [2.75, 3.05) is 18.0 Å². The molecule has 1 atom stereocenters. The van der Waals surface area contributed by atoms with E-state index in [1.807, 2.05) is 4.90 Å². The number of aromatic nitrogens is 2. The third-order valence-electron chi connectivity index (χ3n) is 3.24. The summed E-state index contributed by atoms with van der Waals surface area (Å²) in [7, 11) is 0. The van der Waals surface area contributed by atoms with Crippen LogP contribution in [0.5, 0.6) is 0 Å². The summed E-state index contributed by atoms with van der Waals surface area (Å²) in [5.41, 5.74) is 0. The van der Waals surface area contributed by atoms with Gasteiger partial charge in [-0.3, -0.25) is 0 Å². The number of hydrogen-bond donors (Lipinski definition) is 2. The number of piperidine rings is 1. The predicted octanol–water partition coefficient (Wildman–Crippen LogP) is 0.283. The average molecular weight is 238 g/mol. The number of rotatable bonds is 4. The maximum absolute atomic E-state index is 9.59. The molecule has 1 saturated heterocycles. The van der Waals surface area contributed by atoms with Crippen LogP contribution in [0.15, 0.2) is 4.42 Å². The molecule has 6 nitrogen and oxygen atoms in total. The third kappa shape index (κ3) is 2.76. The van der Waals surface area contributed by atoms with Gasteiger partial charge in [0.15, 0.2) is 0 Å². The minimum absolute atomic E-state index is 0.274. The lowest BCUT2D eigenvalue weighted by Crippen LogP contribution is -2.38. The molecule has 6 heteroatoms. The van der Waals surface area contributed by atoms with Crippen LogP contribution in [0.4, 0.5) is 6.01 Å². The number of hydrogen-bond acceptors (Lipinski definition) is 6. The first-order valence-electron chi connectivity index (χ1n) is 6.30. The first kappa shape index (κ1) is 11.0. The highest BCUT2D eigenvalue weighted by atomic mass is 16.4. The number of β-amino-alcohol motifs (C(OH)–C–C–N with tert-alkyl or cyclic N) is 1. The van der Waals surface area contributed by atoms with Crippen LogP contribution in [0.1, 0.15) is 31.6 Å². The largest absolute Gasteiger partial charge is 0.407 e. The summed E-state index contributed by atoms with van der Waals surface area (Å²) < 4.78 is 5.58. The molecule has 0 radical (unpaired) electrons. The van der Waals surface area contributed by atoms with E-state index in [4.69, 9.17) is 4.42 Å². The zero-order chi connectivity index (χ0) is 11.7. The maximum Gasteiger partial charge on any atom is 0.318 e. The van der Waals surface area contributed by atoms with E-state index in [0.717, 1.165) is 19.4 Å². The lowest BCUT2D eigenvalue weighted by atomic mass is 10.1. The van der Waals surface area contributed by atoms with Crippen molar-refractivity contribution in [3.63, 3.8) is 0 Å². The van der Waals surface area contributed by atoms with Crippen LogP contribution >= 0.6 is 0 Å². The van der Waals surface area contributed by atoms with Crippen molar-refractivity contribution in [2.24, 2.45) is 0 Å². The molecule has 0 amide bonds. The normalized spacial score (nSPS) is 25.2. The Morgan fingerprint density at radius 3 is 3.00 bits per heavy atom. The van der Waals surface area contributed by atoms with Crippen molar-refractivity contribution in [1.29, 1.82) is 0 Å². The van der Waals surface area contributed by atoms with Crippen LogP contribution in [-0.2, 0) is 6.54 Å². The van der Waals surface area contributed by atoms with Crippen molar-refractivity contribution in [3.05, 3.63) is 5.89 Å². The SMILES string of the molecule is OC1CCCN(c2nnc(CNC3CC3)o2)C1. The summed E-state index contributed by atoms with van der Waals surface area (Å²) in [5, 5.41) is 21.0. The number of aliphatic hydroxyl groups is 1. The van der Waals surface area contributed by atoms with Gasteiger partial charge in [0.25, 0.3) is 0 Å². The van der Waals surface area contributed by atoms with Gasteiger partial charge in [-0.05, 0) is 25.7 Å². The second-order valence-electron chi connectivity index (χ2n) is 4.88. The summed E-state index contributed by atoms with van der Waals surface area (Å²) in [6.45, 7) is 2.13. The smallest absolute Gasteiger partial charge is 0.318 e. The van der Waals surface area contributed by atoms with E-state index in [1.165, 1.54) is 12.8 Å². The van der Waals surface area contributed by atoms with E-state index in [1.54, 1.807) is 0 Å². The van der Waals surface area contributed by atoms with Gasteiger partial charge in [-0.2, -0.15) is 0 Å². The fourth-order valence-corrected chi connectivity index (χ4v) is 2.09. The van der Waals surface area contributed by atoms with E-state index in [0.29, 0.717) is 31.0 Å². The van der Waals surface area contributed by atoms with Crippen LogP contribution in [-0.4, -0.2) is 40.5 Å². The van der Waals surface area contributed by atoms with Crippen molar-refractivity contribution < 1.29 is 9.52 Å². The van der Waals surface area contributed by atoms with Gasteiger partial charge in [-0.25, -0.2) is 0 Å². The van der Waals surface area contributed by atoms with Crippen LogP contribution < -0.4 is 10.2 Å². The lowest BCUT2D eigenvalue weighted by molar-refractivity contribution is 0.151. The molecule has 0 bridgehead atoms. The summed E-state index contributed by atoms with van der Waals surface area (Å²) >= 11 is 0. The minimum Gasteiger partial charge on any atom is -0.407 e. The predicted molar refractivity (Wildman–Crippen MR) is 61.6 cm³/mol. The Hall–Kier alpha value is -1.14. The van der Waals surface area contributed by atoms with E-state index in [2.05, 4.69) is 15.5 Å². The van der Waals surface area contributed by atoms with E-state index >= 15 is 0 Å². The topological polar surface area (TPSA) is 74.4 Å². The average Bonchev–Trinajstić information content (AvgIpc) is 3.04. The van der Waals surface area contributed by atoms with E-state index in [9.17, 15) is 5.11 Å². The van der Waals surface area contributed by atoms with Crippen LogP contribution in [0, 0.1) is 0 Å². The van der Waals surface area contributed by atoms with Gasteiger partial charge < -0.3 is 19.7 Å². The summed E-state index contributed by atoms with van der Waals surface area (Å²) in [5.74, 6) is 0.631. The van der Waals surface area contributed by atoms with Crippen molar-refractivity contribution in [1.82, 2.24) is 15.5 Å². The molecule has 0 aromatic carbocycles.